The molecule has 138 valence electrons. The van der Waals surface area contributed by atoms with Crippen molar-refractivity contribution >= 4 is 11.9 Å². The summed E-state index contributed by atoms with van der Waals surface area (Å²) in [5.74, 6) is -3.84. The number of aliphatic carboxylic acids is 1. The van der Waals surface area contributed by atoms with Crippen LogP contribution in [-0.2, 0) is 4.79 Å². The van der Waals surface area contributed by atoms with E-state index in [0.29, 0.717) is 25.7 Å². The molecule has 1 saturated carbocycles. The largest absolute Gasteiger partial charge is 0.479 e. The topological polar surface area (TPSA) is 83.6 Å². The summed E-state index contributed by atoms with van der Waals surface area (Å²) in [6, 6.07) is 3.31. The van der Waals surface area contributed by atoms with Crippen LogP contribution < -0.4 is 0 Å². The van der Waals surface area contributed by atoms with Gasteiger partial charge in [-0.1, -0.05) is 25.3 Å². The zero-order valence-corrected chi connectivity index (χ0v) is 14.2. The average Bonchev–Trinajstić information content (AvgIpc) is 3.10. The van der Waals surface area contributed by atoms with Crippen molar-refractivity contribution < 1.29 is 27.9 Å². The van der Waals surface area contributed by atoms with Gasteiger partial charge in [-0.25, -0.2) is 18.6 Å². The molecule has 1 aliphatic rings. The van der Waals surface area contributed by atoms with Gasteiger partial charge in [-0.2, -0.15) is 0 Å². The number of carboxylic acid groups (broad SMARTS) is 1. The molecule has 26 heavy (non-hydrogen) atoms. The minimum Gasteiger partial charge on any atom is -0.479 e. The van der Waals surface area contributed by atoms with Gasteiger partial charge in [0.1, 0.15) is 29.0 Å². The zero-order chi connectivity index (χ0) is 18.9. The summed E-state index contributed by atoms with van der Waals surface area (Å²) in [5.41, 5.74) is -1.98. The van der Waals surface area contributed by atoms with Gasteiger partial charge in [0.15, 0.2) is 5.69 Å². The van der Waals surface area contributed by atoms with Crippen molar-refractivity contribution in [2.45, 2.75) is 37.6 Å². The summed E-state index contributed by atoms with van der Waals surface area (Å²) < 4.78 is 32.8. The van der Waals surface area contributed by atoms with E-state index in [2.05, 4.69) is 4.98 Å². The number of likely N-dealkylation sites (N-methyl/N-ethyl adjacent to an activating group) is 1. The lowest BCUT2D eigenvalue weighted by atomic mass is 9.80. The van der Waals surface area contributed by atoms with Gasteiger partial charge in [-0.15, -0.1) is 0 Å². The maximum Gasteiger partial charge on any atom is 0.329 e. The summed E-state index contributed by atoms with van der Waals surface area (Å²) in [4.78, 5) is 29.6. The highest BCUT2D eigenvalue weighted by atomic mass is 19.1. The molecule has 0 atom stereocenters. The van der Waals surface area contributed by atoms with Crippen LogP contribution in [-0.4, -0.2) is 39.5 Å². The maximum absolute atomic E-state index is 13.8. The number of oxazole rings is 1. The number of hydrogen-bond acceptors (Lipinski definition) is 4. The fourth-order valence-corrected chi connectivity index (χ4v) is 3.38. The van der Waals surface area contributed by atoms with Gasteiger partial charge in [-0.3, -0.25) is 4.79 Å². The van der Waals surface area contributed by atoms with Crippen LogP contribution in [0, 0.1) is 11.6 Å². The highest BCUT2D eigenvalue weighted by molar-refractivity contribution is 5.96. The number of carboxylic acids is 1. The highest BCUT2D eigenvalue weighted by Crippen LogP contribution is 2.34. The van der Waals surface area contributed by atoms with Crippen LogP contribution in [0.5, 0.6) is 0 Å². The maximum atomic E-state index is 13.8. The van der Waals surface area contributed by atoms with Crippen LogP contribution in [0.4, 0.5) is 8.78 Å². The molecule has 8 heteroatoms. The van der Waals surface area contributed by atoms with Crippen molar-refractivity contribution in [2.24, 2.45) is 0 Å². The fourth-order valence-electron chi connectivity index (χ4n) is 3.38. The zero-order valence-electron chi connectivity index (χ0n) is 14.2. The molecule has 3 rings (SSSR count). The van der Waals surface area contributed by atoms with Crippen LogP contribution in [0.1, 0.15) is 42.6 Å². The standard InChI is InChI=1S/C18H18F2N2O4/c1-22(18(17(24)25)8-3-2-4-9-18)16(23)13-10-26-15(21-13)14-11(19)6-5-7-12(14)20/h5-7,10H,2-4,8-9H2,1H3,(H,24,25). The quantitative estimate of drug-likeness (QED) is 0.898. The number of rotatable bonds is 4. The van der Waals surface area contributed by atoms with Crippen molar-refractivity contribution in [3.05, 3.63) is 41.8 Å². The lowest BCUT2D eigenvalue weighted by Crippen LogP contribution is -2.56. The Kier molecular flexibility index (Phi) is 4.76. The Bertz CT molecular complexity index is 823. The Labute approximate surface area is 148 Å². The minimum atomic E-state index is -1.31. The van der Waals surface area contributed by atoms with E-state index in [-0.39, 0.29) is 11.6 Å². The first-order chi connectivity index (χ1) is 12.4. The molecule has 2 aromatic rings. The lowest BCUT2D eigenvalue weighted by molar-refractivity contribution is -0.151. The first kappa shape index (κ1) is 18.0. The average molecular weight is 364 g/mol. The molecule has 1 aromatic carbocycles. The molecular weight excluding hydrogens is 346 g/mol. The van der Waals surface area contributed by atoms with Crippen molar-refractivity contribution in [3.63, 3.8) is 0 Å². The molecule has 0 bridgehead atoms. The van der Waals surface area contributed by atoms with Crippen LogP contribution in [0.15, 0.2) is 28.9 Å². The first-order valence-corrected chi connectivity index (χ1v) is 8.28. The third-order valence-corrected chi connectivity index (χ3v) is 4.93. The Morgan fingerprint density at radius 1 is 1.19 bits per heavy atom. The third kappa shape index (κ3) is 2.95. The number of carbonyl (C=O) groups is 2. The number of amides is 1. The first-order valence-electron chi connectivity index (χ1n) is 8.28. The van der Waals surface area contributed by atoms with Gasteiger partial charge in [-0.05, 0) is 25.0 Å². The fraction of sp³-hybridized carbons (Fsp3) is 0.389. The van der Waals surface area contributed by atoms with E-state index in [4.69, 9.17) is 4.42 Å². The smallest absolute Gasteiger partial charge is 0.329 e. The van der Waals surface area contributed by atoms with Gasteiger partial charge in [0.05, 0.1) is 0 Å². The molecule has 1 aliphatic carbocycles. The second-order valence-electron chi connectivity index (χ2n) is 6.40. The number of hydrogen-bond donors (Lipinski definition) is 1. The molecule has 1 aromatic heterocycles. The Morgan fingerprint density at radius 3 is 2.38 bits per heavy atom. The predicted octanol–water partition coefficient (Wildman–Crippen LogP) is 3.48. The van der Waals surface area contributed by atoms with Crippen molar-refractivity contribution in [1.82, 2.24) is 9.88 Å². The molecule has 1 amide bonds. The van der Waals surface area contributed by atoms with E-state index in [0.717, 1.165) is 29.7 Å². The summed E-state index contributed by atoms with van der Waals surface area (Å²) >= 11 is 0. The highest BCUT2D eigenvalue weighted by Gasteiger charge is 2.46. The predicted molar refractivity (Wildman–Crippen MR) is 87.4 cm³/mol. The number of halogens is 2. The SMILES string of the molecule is CN(C(=O)c1coc(-c2c(F)cccc2F)n1)C1(C(=O)O)CCCCC1. The van der Waals surface area contributed by atoms with E-state index in [9.17, 15) is 23.5 Å². The second kappa shape index (κ2) is 6.86. The van der Waals surface area contributed by atoms with E-state index < -0.39 is 34.6 Å². The van der Waals surface area contributed by atoms with Gasteiger partial charge in [0.25, 0.3) is 5.91 Å². The van der Waals surface area contributed by atoms with Crippen LogP contribution in [0.25, 0.3) is 11.5 Å². The molecule has 0 spiro atoms. The van der Waals surface area contributed by atoms with Crippen molar-refractivity contribution in [3.8, 4) is 11.5 Å². The van der Waals surface area contributed by atoms with Crippen LogP contribution in [0.2, 0.25) is 0 Å². The van der Waals surface area contributed by atoms with Crippen molar-refractivity contribution in [1.29, 1.82) is 0 Å². The Hall–Kier alpha value is -2.77. The van der Waals surface area contributed by atoms with E-state index in [1.54, 1.807) is 0 Å². The molecule has 1 N–H and O–H groups in total. The number of aromatic nitrogens is 1. The number of carbonyl (C=O) groups excluding carboxylic acids is 1. The summed E-state index contributed by atoms with van der Waals surface area (Å²) in [5, 5.41) is 9.67. The Morgan fingerprint density at radius 2 is 1.81 bits per heavy atom. The normalized spacial score (nSPS) is 16.3. The summed E-state index contributed by atoms with van der Waals surface area (Å²) in [7, 11) is 1.40. The molecule has 6 nitrogen and oxygen atoms in total. The van der Waals surface area contributed by atoms with Crippen LogP contribution in [0.3, 0.4) is 0 Å². The second-order valence-corrected chi connectivity index (χ2v) is 6.40. The van der Waals surface area contributed by atoms with Gasteiger partial charge >= 0.3 is 5.97 Å². The minimum absolute atomic E-state index is 0.198. The van der Waals surface area contributed by atoms with E-state index >= 15 is 0 Å². The van der Waals surface area contributed by atoms with Gasteiger partial charge in [0.2, 0.25) is 5.89 Å². The molecule has 1 heterocycles. The summed E-state index contributed by atoms with van der Waals surface area (Å²) in [6.45, 7) is 0. The molecular formula is C18H18F2N2O4. The molecule has 0 unspecified atom stereocenters. The molecule has 0 radical (unpaired) electrons. The number of benzene rings is 1. The lowest BCUT2D eigenvalue weighted by Gasteiger charge is -2.40. The molecule has 0 saturated heterocycles. The third-order valence-electron chi connectivity index (χ3n) is 4.93. The molecule has 0 aliphatic heterocycles. The molecule has 1 fully saturated rings. The van der Waals surface area contributed by atoms with Crippen LogP contribution >= 0.6 is 0 Å². The van der Waals surface area contributed by atoms with Crippen molar-refractivity contribution in [2.75, 3.05) is 7.05 Å². The monoisotopic (exact) mass is 364 g/mol. The summed E-state index contributed by atoms with van der Waals surface area (Å²) in [6.07, 6.45) is 3.99. The van der Waals surface area contributed by atoms with E-state index in [1.165, 1.54) is 13.1 Å². The van der Waals surface area contributed by atoms with Gasteiger partial charge < -0.3 is 14.4 Å². The number of nitrogens with zero attached hydrogens (tertiary/aromatic N) is 2. The Balaban J connectivity index is 1.91. The van der Waals surface area contributed by atoms with Gasteiger partial charge in [0, 0.05) is 7.05 Å². The van der Waals surface area contributed by atoms with E-state index in [1.807, 2.05) is 0 Å².